The summed E-state index contributed by atoms with van der Waals surface area (Å²) >= 11 is 3.87. The first-order valence-corrected chi connectivity index (χ1v) is 12.8. The lowest BCUT2D eigenvalue weighted by Gasteiger charge is -2.49. The van der Waals surface area contributed by atoms with Crippen molar-refractivity contribution in [1.29, 1.82) is 0 Å². The smallest absolute Gasteiger partial charge is 0.352 e. The largest absolute Gasteiger partial charge is 0.481 e. The molecule has 2 aromatic rings. The SMILES string of the molecule is Nc1ccsc1CC(=O)NC1C(=O)N2C(C(=O)O)=C(CSc3nnnn3CCC(=O)O)CS[C@H]12. The molecule has 0 aromatic carbocycles. The number of nitrogen functional groups attached to an aromatic ring is 1. The highest BCUT2D eigenvalue weighted by molar-refractivity contribution is 8.01. The van der Waals surface area contributed by atoms with Gasteiger partial charge in [0.2, 0.25) is 11.1 Å². The number of rotatable bonds is 10. The molecule has 2 atom stereocenters. The number of hydrogen-bond donors (Lipinski definition) is 4. The van der Waals surface area contributed by atoms with Crippen LogP contribution in [0, 0.1) is 0 Å². The molecular weight excluding hydrogens is 506 g/mol. The van der Waals surface area contributed by atoms with Crippen LogP contribution in [0.25, 0.3) is 0 Å². The fraction of sp³-hybridized carbons (Fsp3) is 0.389. The van der Waals surface area contributed by atoms with E-state index >= 15 is 0 Å². The second-order valence-electron chi connectivity index (χ2n) is 7.31. The molecule has 2 aromatic heterocycles. The Morgan fingerprint density at radius 1 is 1.32 bits per heavy atom. The highest BCUT2D eigenvalue weighted by Crippen LogP contribution is 2.41. The molecule has 16 heteroatoms. The Kier molecular flexibility index (Phi) is 7.08. The summed E-state index contributed by atoms with van der Waals surface area (Å²) < 4.78 is 1.33. The van der Waals surface area contributed by atoms with Gasteiger partial charge in [-0.25, -0.2) is 9.48 Å². The Morgan fingerprint density at radius 3 is 2.79 bits per heavy atom. The molecule has 4 rings (SSSR count). The Balaban J connectivity index is 1.42. The van der Waals surface area contributed by atoms with E-state index in [1.807, 2.05) is 0 Å². The summed E-state index contributed by atoms with van der Waals surface area (Å²) in [5.41, 5.74) is 6.72. The normalized spacial score (nSPS) is 19.5. The van der Waals surface area contributed by atoms with Crippen molar-refractivity contribution in [2.75, 3.05) is 17.2 Å². The molecule has 13 nitrogen and oxygen atoms in total. The van der Waals surface area contributed by atoms with Crippen molar-refractivity contribution in [3.05, 3.63) is 27.6 Å². The van der Waals surface area contributed by atoms with Gasteiger partial charge in [-0.05, 0) is 27.4 Å². The predicted octanol–water partition coefficient (Wildman–Crippen LogP) is -0.135. The van der Waals surface area contributed by atoms with Crippen LogP contribution in [-0.4, -0.2) is 82.0 Å². The number of nitrogens with two attached hydrogens (primary N) is 1. The fourth-order valence-corrected chi connectivity index (χ4v) is 6.64. The maximum absolute atomic E-state index is 12.8. The maximum Gasteiger partial charge on any atom is 0.352 e. The van der Waals surface area contributed by atoms with Gasteiger partial charge in [-0.1, -0.05) is 11.8 Å². The molecule has 180 valence electrons. The first-order chi connectivity index (χ1) is 16.3. The van der Waals surface area contributed by atoms with E-state index in [0.717, 1.165) is 11.8 Å². The van der Waals surface area contributed by atoms with Crippen LogP contribution in [0.2, 0.25) is 0 Å². The lowest BCUT2D eigenvalue weighted by atomic mass is 10.0. The number of β-lactam (4-membered cyclic amide) rings is 1. The van der Waals surface area contributed by atoms with E-state index in [2.05, 4.69) is 20.8 Å². The predicted molar refractivity (Wildman–Crippen MR) is 123 cm³/mol. The monoisotopic (exact) mass is 525 g/mol. The Morgan fingerprint density at radius 2 is 2.12 bits per heavy atom. The van der Waals surface area contributed by atoms with E-state index in [9.17, 15) is 24.3 Å². The number of anilines is 1. The molecule has 1 fully saturated rings. The number of thiophene rings is 1. The van der Waals surface area contributed by atoms with Crippen LogP contribution in [-0.2, 0) is 32.1 Å². The van der Waals surface area contributed by atoms with Gasteiger partial charge in [0.05, 0.1) is 19.4 Å². The standard InChI is InChI=1S/C18H19N7O6S3/c19-9-2-4-32-10(9)5-11(26)20-13-15(29)25-14(17(30)31)8(6-33-16(13)25)7-34-18-21-22-23-24(18)3-1-12(27)28/h2,4,13,16H,1,3,5-7,19H2,(H,20,26)(H,27,28)(H,30,31)/t13?,16-/m1/s1. The quantitative estimate of drug-likeness (QED) is 0.237. The van der Waals surface area contributed by atoms with E-state index in [1.165, 1.54) is 32.7 Å². The van der Waals surface area contributed by atoms with Gasteiger partial charge in [-0.2, -0.15) is 0 Å². The van der Waals surface area contributed by atoms with Crippen LogP contribution in [0.15, 0.2) is 27.9 Å². The van der Waals surface area contributed by atoms with Gasteiger partial charge in [0.25, 0.3) is 5.91 Å². The van der Waals surface area contributed by atoms with E-state index in [1.54, 1.807) is 11.4 Å². The van der Waals surface area contributed by atoms with E-state index in [-0.39, 0.29) is 36.7 Å². The van der Waals surface area contributed by atoms with Gasteiger partial charge in [0, 0.05) is 22.1 Å². The third-order valence-corrected chi connectivity index (χ3v) is 8.40. The molecule has 1 unspecified atom stereocenters. The van der Waals surface area contributed by atoms with Gasteiger partial charge in [0.1, 0.15) is 17.1 Å². The van der Waals surface area contributed by atoms with Crippen LogP contribution in [0.4, 0.5) is 5.69 Å². The summed E-state index contributed by atoms with van der Waals surface area (Å²) in [6.45, 7) is 0.0788. The molecule has 0 spiro atoms. The number of fused-ring (bicyclic) bond motifs is 1. The van der Waals surface area contributed by atoms with Gasteiger partial charge >= 0.3 is 11.9 Å². The Hall–Kier alpha value is -3.11. The number of hydrogen-bond acceptors (Lipinski definition) is 11. The number of carboxylic acid groups (broad SMARTS) is 2. The van der Waals surface area contributed by atoms with Crippen LogP contribution in [0.3, 0.4) is 0 Å². The number of carbonyl (C=O) groups is 4. The number of amides is 2. The Labute approximate surface area is 204 Å². The summed E-state index contributed by atoms with van der Waals surface area (Å²) in [5.74, 6) is -2.54. The minimum absolute atomic E-state index is 0.0464. The average molecular weight is 526 g/mol. The second-order valence-corrected chi connectivity index (χ2v) is 10.4. The summed E-state index contributed by atoms with van der Waals surface area (Å²) in [5, 5.41) is 34.1. The van der Waals surface area contributed by atoms with Crippen molar-refractivity contribution < 1.29 is 29.4 Å². The molecule has 2 aliphatic heterocycles. The molecule has 0 aliphatic carbocycles. The maximum atomic E-state index is 12.8. The molecule has 2 amide bonds. The number of aliphatic carboxylic acids is 2. The molecule has 0 bridgehead atoms. The van der Waals surface area contributed by atoms with E-state index < -0.39 is 29.3 Å². The molecule has 0 radical (unpaired) electrons. The van der Waals surface area contributed by atoms with Gasteiger partial charge in [-0.3, -0.25) is 19.3 Å². The number of carbonyl (C=O) groups excluding carboxylic acids is 2. The number of thioether (sulfide) groups is 2. The minimum atomic E-state index is -1.24. The number of carboxylic acids is 2. The topological polar surface area (TPSA) is 194 Å². The summed E-state index contributed by atoms with van der Waals surface area (Å²) in [4.78, 5) is 49.9. The molecule has 34 heavy (non-hydrogen) atoms. The summed E-state index contributed by atoms with van der Waals surface area (Å²) in [7, 11) is 0. The van der Waals surface area contributed by atoms with Gasteiger partial charge in [-0.15, -0.1) is 28.2 Å². The van der Waals surface area contributed by atoms with Crippen molar-refractivity contribution in [1.82, 2.24) is 30.4 Å². The molecule has 0 saturated carbocycles. The number of nitrogens with one attached hydrogen (secondary N) is 1. The minimum Gasteiger partial charge on any atom is -0.481 e. The van der Waals surface area contributed by atoms with Crippen LogP contribution < -0.4 is 11.1 Å². The number of aryl methyl sites for hydroxylation is 1. The van der Waals surface area contributed by atoms with Crippen molar-refractivity contribution >= 4 is 64.3 Å². The van der Waals surface area contributed by atoms with Gasteiger partial charge < -0.3 is 21.3 Å². The van der Waals surface area contributed by atoms with E-state index in [0.29, 0.717) is 27.0 Å². The van der Waals surface area contributed by atoms with Crippen molar-refractivity contribution in [3.8, 4) is 0 Å². The van der Waals surface area contributed by atoms with Gasteiger partial charge in [0.15, 0.2) is 0 Å². The molecular formula is C18H19N7O6S3. The number of aromatic nitrogens is 4. The average Bonchev–Trinajstić information content (AvgIpc) is 3.42. The van der Waals surface area contributed by atoms with Crippen LogP contribution >= 0.6 is 34.9 Å². The lowest BCUT2D eigenvalue weighted by molar-refractivity contribution is -0.150. The van der Waals surface area contributed by atoms with Crippen molar-refractivity contribution in [2.45, 2.75) is 36.0 Å². The molecule has 4 heterocycles. The fourth-order valence-electron chi connectivity index (χ4n) is 3.45. The zero-order valence-electron chi connectivity index (χ0n) is 17.4. The zero-order valence-corrected chi connectivity index (χ0v) is 19.9. The van der Waals surface area contributed by atoms with Crippen LogP contribution in [0.1, 0.15) is 11.3 Å². The highest BCUT2D eigenvalue weighted by Gasteiger charge is 2.54. The second kappa shape index (κ2) is 10.0. The highest BCUT2D eigenvalue weighted by atomic mass is 32.2. The first kappa shape index (κ1) is 24.0. The van der Waals surface area contributed by atoms with Crippen LogP contribution in [0.5, 0.6) is 0 Å². The first-order valence-electron chi connectivity index (χ1n) is 9.88. The Bertz CT molecular complexity index is 1180. The van der Waals surface area contributed by atoms with Crippen molar-refractivity contribution in [3.63, 3.8) is 0 Å². The zero-order chi connectivity index (χ0) is 24.4. The molecule has 2 aliphatic rings. The third kappa shape index (κ3) is 4.88. The summed E-state index contributed by atoms with van der Waals surface area (Å²) in [6, 6.07) is 0.889. The third-order valence-electron chi connectivity index (χ3n) is 5.08. The summed E-state index contributed by atoms with van der Waals surface area (Å²) in [6.07, 6.45) is -0.113. The lowest BCUT2D eigenvalue weighted by Crippen LogP contribution is -2.70. The number of tetrazole rings is 1. The molecule has 5 N–H and O–H groups in total. The molecule has 1 saturated heterocycles. The van der Waals surface area contributed by atoms with E-state index in [4.69, 9.17) is 10.8 Å². The number of nitrogens with zero attached hydrogens (tertiary/aromatic N) is 5. The van der Waals surface area contributed by atoms with Crippen molar-refractivity contribution in [2.24, 2.45) is 0 Å².